The van der Waals surface area contributed by atoms with Gasteiger partial charge in [0, 0.05) is 41.7 Å². The van der Waals surface area contributed by atoms with Crippen molar-refractivity contribution in [1.82, 2.24) is 14.8 Å². The van der Waals surface area contributed by atoms with Crippen molar-refractivity contribution in [3.63, 3.8) is 0 Å². The summed E-state index contributed by atoms with van der Waals surface area (Å²) in [4.78, 5) is 19.6. The number of benzene rings is 2. The number of nitrogens with two attached hydrogens (primary N) is 1. The van der Waals surface area contributed by atoms with Crippen LogP contribution in [-0.4, -0.2) is 55.1 Å². The van der Waals surface area contributed by atoms with E-state index in [1.165, 1.54) is 0 Å². The second-order valence-corrected chi connectivity index (χ2v) is 8.30. The van der Waals surface area contributed by atoms with E-state index >= 15 is 0 Å². The van der Waals surface area contributed by atoms with E-state index in [9.17, 15) is 4.79 Å². The molecule has 1 atom stereocenters. The first-order valence-corrected chi connectivity index (χ1v) is 11.8. The van der Waals surface area contributed by atoms with Gasteiger partial charge in [0.15, 0.2) is 17.3 Å². The molecule has 10 nitrogen and oxygen atoms in total. The van der Waals surface area contributed by atoms with Crippen LogP contribution in [0.4, 0.5) is 11.6 Å². The Morgan fingerprint density at radius 2 is 1.64 bits per heavy atom. The van der Waals surface area contributed by atoms with Gasteiger partial charge >= 0.3 is 0 Å². The van der Waals surface area contributed by atoms with Crippen molar-refractivity contribution in [1.29, 1.82) is 0 Å². The average Bonchev–Trinajstić information content (AvgIpc) is 3.31. The minimum absolute atomic E-state index is 0.348. The predicted molar refractivity (Wildman–Crippen MR) is 139 cm³/mol. The Morgan fingerprint density at radius 1 is 1.03 bits per heavy atom. The highest BCUT2D eigenvalue weighted by atomic mass is 16.5. The molecule has 0 fully saturated rings. The number of fused-ring (bicyclic) bond motifs is 1. The topological polar surface area (TPSA) is 117 Å². The zero-order valence-corrected chi connectivity index (χ0v) is 21.5. The standard InChI is InChI=1S/C26H32N6O4/c1-7-31(8-2)17-11-9-16(10-12-17)25-29-26-28-15(3)22(24(27)33)23(32(26)30-25)18-13-20(35-5)21(36-6)14-19(18)34-4/h9-14,23H,7-8H2,1-6H3,(H2,27,33)(H,28,29,30). The number of rotatable bonds is 9. The molecule has 1 aromatic heterocycles. The molecule has 1 unspecified atom stereocenters. The minimum atomic E-state index is -0.690. The van der Waals surface area contributed by atoms with Crippen LogP contribution in [0.5, 0.6) is 17.2 Å². The van der Waals surface area contributed by atoms with E-state index in [-0.39, 0.29) is 0 Å². The van der Waals surface area contributed by atoms with Crippen LogP contribution in [-0.2, 0) is 4.79 Å². The van der Waals surface area contributed by atoms with Crippen LogP contribution < -0.4 is 30.2 Å². The molecule has 1 aliphatic rings. The minimum Gasteiger partial charge on any atom is -0.496 e. The van der Waals surface area contributed by atoms with Gasteiger partial charge in [0.1, 0.15) is 11.8 Å². The number of primary amides is 1. The summed E-state index contributed by atoms with van der Waals surface area (Å²) in [5.41, 5.74) is 9.41. The summed E-state index contributed by atoms with van der Waals surface area (Å²) in [6.45, 7) is 7.89. The quantitative estimate of drug-likeness (QED) is 0.465. The van der Waals surface area contributed by atoms with Crippen LogP contribution in [0, 0.1) is 0 Å². The van der Waals surface area contributed by atoms with Crippen LogP contribution in [0.15, 0.2) is 47.7 Å². The maximum atomic E-state index is 12.6. The first-order valence-electron chi connectivity index (χ1n) is 11.8. The molecule has 10 heteroatoms. The molecular weight excluding hydrogens is 460 g/mol. The number of methoxy groups -OCH3 is 3. The SMILES string of the molecule is CCN(CC)c1ccc(-c2nc3n(n2)C(c2cc(OC)c(OC)cc2OC)C(C(N)=O)=C(C)N3)cc1. The number of allylic oxidation sites excluding steroid dienone is 1. The van der Waals surface area contributed by atoms with E-state index in [2.05, 4.69) is 36.2 Å². The Bertz CT molecular complexity index is 1290. The molecule has 3 N–H and O–H groups in total. The summed E-state index contributed by atoms with van der Waals surface area (Å²) in [6.07, 6.45) is 0. The van der Waals surface area contributed by atoms with Crippen molar-refractivity contribution in [3.8, 4) is 28.6 Å². The highest BCUT2D eigenvalue weighted by Gasteiger charge is 2.36. The second kappa shape index (κ2) is 10.2. The molecule has 0 radical (unpaired) electrons. The molecule has 0 bridgehead atoms. The molecule has 0 saturated heterocycles. The Hall–Kier alpha value is -4.21. The number of hydrogen-bond donors (Lipinski definition) is 2. The van der Waals surface area contributed by atoms with E-state index in [0.29, 0.717) is 45.9 Å². The second-order valence-electron chi connectivity index (χ2n) is 8.30. The number of carbonyl (C=O) groups excluding carboxylic acids is 1. The molecule has 190 valence electrons. The highest BCUT2D eigenvalue weighted by Crippen LogP contribution is 2.44. The summed E-state index contributed by atoms with van der Waals surface area (Å²) in [5.74, 6) is 1.92. The fraction of sp³-hybridized carbons (Fsp3) is 0.346. The maximum Gasteiger partial charge on any atom is 0.248 e. The van der Waals surface area contributed by atoms with Crippen molar-refractivity contribution >= 4 is 17.5 Å². The van der Waals surface area contributed by atoms with Gasteiger partial charge in [0.05, 0.1) is 26.9 Å². The number of nitrogens with zero attached hydrogens (tertiary/aromatic N) is 4. The lowest BCUT2D eigenvalue weighted by Crippen LogP contribution is -2.32. The van der Waals surface area contributed by atoms with Crippen LogP contribution in [0.1, 0.15) is 32.4 Å². The molecule has 4 rings (SSSR count). The summed E-state index contributed by atoms with van der Waals surface area (Å²) in [6, 6.07) is 10.9. The van der Waals surface area contributed by atoms with Crippen molar-refractivity contribution in [3.05, 3.63) is 53.2 Å². The molecule has 2 heterocycles. The van der Waals surface area contributed by atoms with Crippen molar-refractivity contribution in [2.45, 2.75) is 26.8 Å². The van der Waals surface area contributed by atoms with Crippen LogP contribution >= 0.6 is 0 Å². The molecule has 36 heavy (non-hydrogen) atoms. The Morgan fingerprint density at radius 3 is 2.19 bits per heavy atom. The zero-order chi connectivity index (χ0) is 26.0. The van der Waals surface area contributed by atoms with Gasteiger partial charge in [-0.1, -0.05) is 0 Å². The summed E-state index contributed by atoms with van der Waals surface area (Å²) in [5, 5.41) is 7.97. The van der Waals surface area contributed by atoms with E-state index in [1.54, 1.807) is 45.1 Å². The van der Waals surface area contributed by atoms with Gasteiger partial charge in [-0.05, 0) is 51.1 Å². The van der Waals surface area contributed by atoms with Crippen LogP contribution in [0.2, 0.25) is 0 Å². The molecule has 1 amide bonds. The van der Waals surface area contributed by atoms with Gasteiger partial charge in [-0.2, -0.15) is 4.98 Å². The number of amides is 1. The highest BCUT2D eigenvalue weighted by molar-refractivity contribution is 5.95. The summed E-state index contributed by atoms with van der Waals surface area (Å²) in [7, 11) is 4.65. The molecular formula is C26H32N6O4. The fourth-order valence-electron chi connectivity index (χ4n) is 4.56. The molecule has 0 spiro atoms. The Labute approximate surface area is 210 Å². The molecule has 3 aromatic rings. The van der Waals surface area contributed by atoms with Gasteiger partial charge in [0.2, 0.25) is 11.9 Å². The number of nitrogens with one attached hydrogen (secondary N) is 1. The summed E-state index contributed by atoms with van der Waals surface area (Å²) < 4.78 is 18.3. The van der Waals surface area contributed by atoms with Crippen LogP contribution in [0.25, 0.3) is 11.4 Å². The predicted octanol–water partition coefficient (Wildman–Crippen LogP) is 3.59. The van der Waals surface area contributed by atoms with Crippen molar-refractivity contribution in [2.75, 3.05) is 44.6 Å². The van der Waals surface area contributed by atoms with Crippen LogP contribution in [0.3, 0.4) is 0 Å². The Balaban J connectivity index is 1.85. The van der Waals surface area contributed by atoms with E-state index < -0.39 is 11.9 Å². The lowest BCUT2D eigenvalue weighted by Gasteiger charge is -2.29. The third kappa shape index (κ3) is 4.30. The lowest BCUT2D eigenvalue weighted by atomic mass is 9.94. The number of anilines is 2. The first-order chi connectivity index (χ1) is 17.4. The van der Waals surface area contributed by atoms with Gasteiger partial charge in [0.25, 0.3) is 0 Å². The van der Waals surface area contributed by atoms with Gasteiger partial charge in [-0.3, -0.25) is 4.79 Å². The normalized spacial score (nSPS) is 14.7. The number of ether oxygens (including phenoxy) is 3. The Kier molecular flexibility index (Phi) is 7.05. The molecule has 1 aliphatic heterocycles. The molecule has 0 aliphatic carbocycles. The number of carbonyl (C=O) groups is 1. The molecule has 0 saturated carbocycles. The van der Waals surface area contributed by atoms with E-state index in [4.69, 9.17) is 30.0 Å². The number of hydrogen-bond acceptors (Lipinski definition) is 8. The van der Waals surface area contributed by atoms with E-state index in [0.717, 1.165) is 24.3 Å². The third-order valence-corrected chi connectivity index (χ3v) is 6.40. The third-order valence-electron chi connectivity index (χ3n) is 6.40. The van der Waals surface area contributed by atoms with Gasteiger partial charge in [-0.15, -0.1) is 5.10 Å². The fourth-order valence-corrected chi connectivity index (χ4v) is 4.56. The van der Waals surface area contributed by atoms with Crippen molar-refractivity contribution in [2.24, 2.45) is 5.73 Å². The summed E-state index contributed by atoms with van der Waals surface area (Å²) >= 11 is 0. The largest absolute Gasteiger partial charge is 0.496 e. The monoisotopic (exact) mass is 492 g/mol. The van der Waals surface area contributed by atoms with E-state index in [1.807, 2.05) is 12.1 Å². The smallest absolute Gasteiger partial charge is 0.248 e. The number of aromatic nitrogens is 3. The molecule has 2 aromatic carbocycles. The first kappa shape index (κ1) is 24.9. The lowest BCUT2D eigenvalue weighted by molar-refractivity contribution is -0.115. The maximum absolute atomic E-state index is 12.6. The van der Waals surface area contributed by atoms with Gasteiger partial charge in [-0.25, -0.2) is 4.68 Å². The van der Waals surface area contributed by atoms with Gasteiger partial charge < -0.3 is 30.2 Å². The zero-order valence-electron chi connectivity index (χ0n) is 21.5. The average molecular weight is 493 g/mol. The van der Waals surface area contributed by atoms with Crippen molar-refractivity contribution < 1.29 is 19.0 Å².